The first-order chi connectivity index (χ1) is 12.5. The van der Waals surface area contributed by atoms with E-state index < -0.39 is 0 Å². The maximum absolute atomic E-state index is 12.7. The highest BCUT2D eigenvalue weighted by atomic mass is 16.5. The average molecular weight is 348 g/mol. The number of ether oxygens (including phenoxy) is 1. The van der Waals surface area contributed by atoms with E-state index in [9.17, 15) is 9.90 Å². The van der Waals surface area contributed by atoms with Gasteiger partial charge < -0.3 is 9.84 Å². The molecule has 5 nitrogen and oxygen atoms in total. The molecule has 132 valence electrons. The highest BCUT2D eigenvalue weighted by molar-refractivity contribution is 6.08. The number of phenols is 1. The number of rotatable bonds is 5. The fourth-order valence-electron chi connectivity index (χ4n) is 2.89. The molecule has 3 aromatic rings. The third-order valence-corrected chi connectivity index (χ3v) is 4.17. The normalized spacial score (nSPS) is 11.0. The van der Waals surface area contributed by atoms with Crippen LogP contribution in [0.25, 0.3) is 11.8 Å². The molecule has 1 aromatic heterocycles. The lowest BCUT2D eigenvalue weighted by Crippen LogP contribution is -2.01. The molecule has 0 atom stereocenters. The lowest BCUT2D eigenvalue weighted by molar-refractivity contribution is 0.104. The molecule has 0 aliphatic heterocycles. The van der Waals surface area contributed by atoms with Crippen molar-refractivity contribution < 1.29 is 14.6 Å². The molecular formula is C21H20N2O3. The van der Waals surface area contributed by atoms with Crippen molar-refractivity contribution in [1.29, 1.82) is 0 Å². The molecule has 2 aromatic carbocycles. The molecule has 1 N–H and O–H groups in total. The lowest BCUT2D eigenvalue weighted by Gasteiger charge is -2.04. The molecule has 0 bridgehead atoms. The van der Waals surface area contributed by atoms with E-state index in [1.54, 1.807) is 29.0 Å². The maximum Gasteiger partial charge on any atom is 0.189 e. The van der Waals surface area contributed by atoms with E-state index in [0.717, 1.165) is 11.4 Å². The first kappa shape index (κ1) is 17.5. The van der Waals surface area contributed by atoms with Crippen LogP contribution in [0, 0.1) is 13.8 Å². The minimum Gasteiger partial charge on any atom is -0.504 e. The number of para-hydroxylation sites is 1. The standard InChI is InChI=1S/C21H20N2O3/c1-14-21(15(2)23(22-14)17-7-5-4-6-8-17)18(24)11-9-16-10-12-20(26-3)19(25)13-16/h4-13,25H,1-3H3/b11-9+. The second-order valence-electron chi connectivity index (χ2n) is 5.92. The second kappa shape index (κ2) is 7.27. The van der Waals surface area contributed by atoms with Gasteiger partial charge in [0.25, 0.3) is 0 Å². The Labute approximate surface area is 152 Å². The van der Waals surface area contributed by atoms with Gasteiger partial charge in [0, 0.05) is 0 Å². The Morgan fingerprint density at radius 1 is 1.15 bits per heavy atom. The van der Waals surface area contributed by atoms with Gasteiger partial charge in [0.05, 0.1) is 29.7 Å². The number of ketones is 1. The number of carbonyl (C=O) groups is 1. The Morgan fingerprint density at radius 3 is 2.54 bits per heavy atom. The molecule has 0 saturated heterocycles. The van der Waals surface area contributed by atoms with Gasteiger partial charge in [-0.2, -0.15) is 5.10 Å². The first-order valence-corrected chi connectivity index (χ1v) is 8.22. The van der Waals surface area contributed by atoms with Crippen LogP contribution < -0.4 is 4.74 Å². The van der Waals surface area contributed by atoms with Crippen LogP contribution in [0.4, 0.5) is 0 Å². The topological polar surface area (TPSA) is 64.3 Å². The van der Waals surface area contributed by atoms with Gasteiger partial charge in [-0.15, -0.1) is 0 Å². The Kier molecular flexibility index (Phi) is 4.89. The molecule has 5 heteroatoms. The molecule has 0 spiro atoms. The quantitative estimate of drug-likeness (QED) is 0.557. The zero-order valence-corrected chi connectivity index (χ0v) is 14.9. The monoisotopic (exact) mass is 348 g/mol. The molecule has 0 amide bonds. The fraction of sp³-hybridized carbons (Fsp3) is 0.143. The van der Waals surface area contributed by atoms with E-state index in [1.165, 1.54) is 13.2 Å². The fourth-order valence-corrected chi connectivity index (χ4v) is 2.89. The number of nitrogens with zero attached hydrogens (tertiary/aromatic N) is 2. The van der Waals surface area contributed by atoms with E-state index in [4.69, 9.17) is 4.74 Å². The summed E-state index contributed by atoms with van der Waals surface area (Å²) in [6.45, 7) is 3.71. The van der Waals surface area contributed by atoms with E-state index in [1.807, 2.05) is 44.2 Å². The summed E-state index contributed by atoms with van der Waals surface area (Å²) in [5.74, 6) is 0.299. The highest BCUT2D eigenvalue weighted by Gasteiger charge is 2.17. The maximum atomic E-state index is 12.7. The van der Waals surface area contributed by atoms with Crippen LogP contribution in [0.2, 0.25) is 0 Å². The first-order valence-electron chi connectivity index (χ1n) is 8.22. The SMILES string of the molecule is COc1ccc(/C=C/C(=O)c2c(C)nn(-c3ccccc3)c2C)cc1O. The minimum absolute atomic E-state index is 0.0337. The summed E-state index contributed by atoms with van der Waals surface area (Å²) < 4.78 is 6.79. The summed E-state index contributed by atoms with van der Waals surface area (Å²) in [5.41, 5.74) is 3.68. The van der Waals surface area contributed by atoms with Crippen molar-refractivity contribution in [3.05, 3.63) is 77.1 Å². The number of aromatic hydroxyl groups is 1. The number of benzene rings is 2. The van der Waals surface area contributed by atoms with Crippen molar-refractivity contribution in [2.24, 2.45) is 0 Å². The molecular weight excluding hydrogens is 328 g/mol. The second-order valence-corrected chi connectivity index (χ2v) is 5.92. The van der Waals surface area contributed by atoms with Crippen molar-refractivity contribution >= 4 is 11.9 Å². The number of aryl methyl sites for hydroxylation is 1. The molecule has 0 saturated carbocycles. The van der Waals surface area contributed by atoms with E-state index in [-0.39, 0.29) is 11.5 Å². The number of methoxy groups -OCH3 is 1. The number of phenolic OH excluding ortho intramolecular Hbond substituents is 1. The van der Waals surface area contributed by atoms with Gasteiger partial charge in [0.15, 0.2) is 17.3 Å². The highest BCUT2D eigenvalue weighted by Crippen LogP contribution is 2.27. The third kappa shape index (κ3) is 3.37. The smallest absolute Gasteiger partial charge is 0.189 e. The molecule has 0 aliphatic rings. The van der Waals surface area contributed by atoms with Gasteiger partial charge in [-0.3, -0.25) is 4.79 Å². The van der Waals surface area contributed by atoms with E-state index >= 15 is 0 Å². The summed E-state index contributed by atoms with van der Waals surface area (Å²) >= 11 is 0. The predicted octanol–water partition coefficient (Wildman–Crippen LogP) is 4.10. The van der Waals surface area contributed by atoms with E-state index in [0.29, 0.717) is 22.6 Å². The number of allylic oxidation sites excluding steroid dienone is 1. The van der Waals surface area contributed by atoms with Crippen molar-refractivity contribution in [2.45, 2.75) is 13.8 Å². The number of aromatic nitrogens is 2. The zero-order chi connectivity index (χ0) is 18.7. The van der Waals surface area contributed by atoms with E-state index in [2.05, 4.69) is 5.10 Å². The number of carbonyl (C=O) groups excluding carboxylic acids is 1. The van der Waals surface area contributed by atoms with Gasteiger partial charge >= 0.3 is 0 Å². The Morgan fingerprint density at radius 2 is 1.88 bits per heavy atom. The molecule has 0 unspecified atom stereocenters. The summed E-state index contributed by atoms with van der Waals surface area (Å²) in [7, 11) is 1.49. The zero-order valence-electron chi connectivity index (χ0n) is 14.9. The summed E-state index contributed by atoms with van der Waals surface area (Å²) in [4.78, 5) is 12.7. The van der Waals surface area contributed by atoms with Gasteiger partial charge in [0.1, 0.15) is 0 Å². The average Bonchev–Trinajstić information content (AvgIpc) is 2.95. The molecule has 1 heterocycles. The van der Waals surface area contributed by atoms with Crippen molar-refractivity contribution in [3.63, 3.8) is 0 Å². The van der Waals surface area contributed by atoms with Gasteiger partial charge in [0.2, 0.25) is 0 Å². The van der Waals surface area contributed by atoms with Gasteiger partial charge in [-0.1, -0.05) is 30.3 Å². The molecule has 0 aliphatic carbocycles. The summed E-state index contributed by atoms with van der Waals surface area (Å²) in [6, 6.07) is 14.7. The Bertz CT molecular complexity index is 972. The van der Waals surface area contributed by atoms with Crippen LogP contribution >= 0.6 is 0 Å². The third-order valence-electron chi connectivity index (χ3n) is 4.17. The Hall–Kier alpha value is -3.34. The largest absolute Gasteiger partial charge is 0.504 e. The molecule has 3 rings (SSSR count). The molecule has 0 fully saturated rings. The van der Waals surface area contributed by atoms with Crippen molar-refractivity contribution in [3.8, 4) is 17.2 Å². The van der Waals surface area contributed by atoms with Crippen LogP contribution in [0.1, 0.15) is 27.3 Å². The van der Waals surface area contributed by atoms with Crippen molar-refractivity contribution in [2.75, 3.05) is 7.11 Å². The number of hydrogen-bond acceptors (Lipinski definition) is 4. The predicted molar refractivity (Wildman–Crippen MR) is 101 cm³/mol. The van der Waals surface area contributed by atoms with Crippen molar-refractivity contribution in [1.82, 2.24) is 9.78 Å². The minimum atomic E-state index is -0.127. The summed E-state index contributed by atoms with van der Waals surface area (Å²) in [5, 5.41) is 14.3. The molecule has 26 heavy (non-hydrogen) atoms. The van der Waals surface area contributed by atoms with Crippen LogP contribution in [-0.4, -0.2) is 27.8 Å². The Balaban J connectivity index is 1.89. The van der Waals surface area contributed by atoms with Crippen LogP contribution in [-0.2, 0) is 0 Å². The molecule has 0 radical (unpaired) electrons. The van der Waals surface area contributed by atoms with Gasteiger partial charge in [-0.25, -0.2) is 4.68 Å². The van der Waals surface area contributed by atoms with Gasteiger partial charge in [-0.05, 0) is 49.8 Å². The number of hydrogen-bond donors (Lipinski definition) is 1. The van der Waals surface area contributed by atoms with Crippen LogP contribution in [0.3, 0.4) is 0 Å². The lowest BCUT2D eigenvalue weighted by atomic mass is 10.1. The van der Waals surface area contributed by atoms with Crippen LogP contribution in [0.15, 0.2) is 54.6 Å². The van der Waals surface area contributed by atoms with Crippen LogP contribution in [0.5, 0.6) is 11.5 Å². The summed E-state index contributed by atoms with van der Waals surface area (Å²) in [6.07, 6.45) is 3.16.